The molecule has 0 heterocycles. The lowest BCUT2D eigenvalue weighted by Gasteiger charge is -2.25. The second-order valence-electron chi connectivity index (χ2n) is 9.63. The number of carboxylic acids is 1. The standard InChI is InChI=1S/C31H34N2O5/c1-2-22(18-29(34)33(17-16-30(35)36)20-23-10-4-3-5-11-23)19-32-31(37)38-21-28-26-14-8-6-12-24(26)25-13-7-9-15-27(25)28/h3-15,22,28H,2,16-21H2,1H3,(H,32,37)(H,35,36). The second kappa shape index (κ2) is 12.9. The number of hydrogen-bond donors (Lipinski definition) is 2. The van der Waals surface area contributed by atoms with Crippen LogP contribution in [0.1, 0.15) is 48.8 Å². The maximum absolute atomic E-state index is 13.1. The fourth-order valence-electron chi connectivity index (χ4n) is 4.94. The van der Waals surface area contributed by atoms with Crippen LogP contribution in [0.4, 0.5) is 4.79 Å². The van der Waals surface area contributed by atoms with E-state index in [2.05, 4.69) is 29.6 Å². The summed E-state index contributed by atoms with van der Waals surface area (Å²) >= 11 is 0. The molecule has 0 saturated carbocycles. The third kappa shape index (κ3) is 6.79. The fourth-order valence-corrected chi connectivity index (χ4v) is 4.94. The van der Waals surface area contributed by atoms with Crippen LogP contribution in [0.3, 0.4) is 0 Å². The zero-order chi connectivity index (χ0) is 26.9. The van der Waals surface area contributed by atoms with Crippen LogP contribution >= 0.6 is 0 Å². The highest BCUT2D eigenvalue weighted by Crippen LogP contribution is 2.44. The molecule has 7 nitrogen and oxygen atoms in total. The molecule has 198 valence electrons. The van der Waals surface area contributed by atoms with E-state index in [-0.39, 0.29) is 43.7 Å². The summed E-state index contributed by atoms with van der Waals surface area (Å²) < 4.78 is 5.62. The molecule has 7 heteroatoms. The molecular weight excluding hydrogens is 480 g/mol. The minimum absolute atomic E-state index is 0.0162. The maximum Gasteiger partial charge on any atom is 0.407 e. The van der Waals surface area contributed by atoms with Gasteiger partial charge in [-0.15, -0.1) is 0 Å². The van der Waals surface area contributed by atoms with Crippen LogP contribution in [0.2, 0.25) is 0 Å². The van der Waals surface area contributed by atoms with E-state index in [1.54, 1.807) is 4.90 Å². The number of carbonyl (C=O) groups is 3. The smallest absolute Gasteiger partial charge is 0.407 e. The van der Waals surface area contributed by atoms with Crippen LogP contribution in [0.15, 0.2) is 78.9 Å². The van der Waals surface area contributed by atoms with Crippen molar-refractivity contribution in [3.05, 3.63) is 95.6 Å². The Morgan fingerprint density at radius 3 is 2.13 bits per heavy atom. The van der Waals surface area contributed by atoms with Crippen molar-refractivity contribution in [1.29, 1.82) is 0 Å². The van der Waals surface area contributed by atoms with Crippen molar-refractivity contribution in [2.24, 2.45) is 5.92 Å². The van der Waals surface area contributed by atoms with E-state index in [4.69, 9.17) is 9.84 Å². The highest BCUT2D eigenvalue weighted by Gasteiger charge is 2.29. The summed E-state index contributed by atoms with van der Waals surface area (Å²) in [6.45, 7) is 2.99. The van der Waals surface area contributed by atoms with Crippen LogP contribution in [0.25, 0.3) is 11.1 Å². The molecule has 2 amide bonds. The van der Waals surface area contributed by atoms with Gasteiger partial charge in [0, 0.05) is 32.0 Å². The molecule has 0 spiro atoms. The van der Waals surface area contributed by atoms with Crippen LogP contribution in [0.5, 0.6) is 0 Å². The van der Waals surface area contributed by atoms with Gasteiger partial charge < -0.3 is 20.1 Å². The summed E-state index contributed by atoms with van der Waals surface area (Å²) in [6.07, 6.45) is 0.276. The Morgan fingerprint density at radius 2 is 1.53 bits per heavy atom. The average molecular weight is 515 g/mol. The van der Waals surface area contributed by atoms with Crippen molar-refractivity contribution < 1.29 is 24.2 Å². The molecule has 1 atom stereocenters. The van der Waals surface area contributed by atoms with Crippen molar-refractivity contribution in [1.82, 2.24) is 10.2 Å². The summed E-state index contributed by atoms with van der Waals surface area (Å²) in [5.41, 5.74) is 5.59. The van der Waals surface area contributed by atoms with Gasteiger partial charge in [-0.2, -0.15) is 0 Å². The van der Waals surface area contributed by atoms with E-state index in [1.165, 1.54) is 11.1 Å². The minimum atomic E-state index is -0.945. The van der Waals surface area contributed by atoms with Crippen LogP contribution in [-0.4, -0.2) is 47.7 Å². The first-order chi connectivity index (χ1) is 18.5. The third-order valence-electron chi connectivity index (χ3n) is 7.08. The van der Waals surface area contributed by atoms with Crippen molar-refractivity contribution in [2.45, 2.75) is 38.6 Å². The Hall–Kier alpha value is -4.13. The average Bonchev–Trinajstić information content (AvgIpc) is 3.26. The van der Waals surface area contributed by atoms with Gasteiger partial charge in [0.05, 0.1) is 6.42 Å². The molecule has 0 aromatic heterocycles. The molecule has 4 rings (SSSR count). The van der Waals surface area contributed by atoms with Crippen LogP contribution < -0.4 is 5.32 Å². The number of benzene rings is 3. The number of ether oxygens (including phenoxy) is 1. The molecule has 3 aromatic carbocycles. The number of amides is 2. The molecule has 0 aliphatic heterocycles. The number of nitrogens with one attached hydrogen (secondary N) is 1. The van der Waals surface area contributed by atoms with E-state index in [9.17, 15) is 14.4 Å². The lowest BCUT2D eigenvalue weighted by atomic mass is 9.98. The summed E-state index contributed by atoms with van der Waals surface area (Å²) in [6, 6.07) is 25.9. The number of nitrogens with zero attached hydrogens (tertiary/aromatic N) is 1. The molecule has 0 radical (unpaired) electrons. The Bertz CT molecular complexity index is 1210. The number of carboxylic acid groups (broad SMARTS) is 1. The van der Waals surface area contributed by atoms with Crippen LogP contribution in [0, 0.1) is 5.92 Å². The van der Waals surface area contributed by atoms with Gasteiger partial charge in [-0.05, 0) is 33.7 Å². The summed E-state index contributed by atoms with van der Waals surface area (Å²) in [5, 5.41) is 11.9. The molecule has 1 aliphatic carbocycles. The highest BCUT2D eigenvalue weighted by molar-refractivity contribution is 5.79. The van der Waals surface area contributed by atoms with Crippen molar-refractivity contribution >= 4 is 18.0 Å². The lowest BCUT2D eigenvalue weighted by molar-refractivity contribution is -0.139. The third-order valence-corrected chi connectivity index (χ3v) is 7.08. The molecule has 1 unspecified atom stereocenters. The van der Waals surface area contributed by atoms with Crippen molar-refractivity contribution in [3.8, 4) is 11.1 Å². The molecule has 0 bridgehead atoms. The summed E-state index contributed by atoms with van der Waals surface area (Å²) in [5.74, 6) is -1.18. The maximum atomic E-state index is 13.1. The fraction of sp³-hybridized carbons (Fsp3) is 0.323. The number of carbonyl (C=O) groups excluding carboxylic acids is 2. The number of aliphatic carboxylic acids is 1. The summed E-state index contributed by atoms with van der Waals surface area (Å²) in [4.78, 5) is 38.4. The first-order valence-corrected chi connectivity index (χ1v) is 13.1. The molecule has 0 saturated heterocycles. The van der Waals surface area contributed by atoms with E-state index in [0.29, 0.717) is 19.5 Å². The minimum Gasteiger partial charge on any atom is -0.481 e. The normalized spacial score (nSPS) is 12.8. The number of alkyl carbamates (subject to hydrolysis) is 1. The largest absolute Gasteiger partial charge is 0.481 e. The van der Waals surface area contributed by atoms with Crippen molar-refractivity contribution in [2.75, 3.05) is 19.7 Å². The number of rotatable bonds is 12. The lowest BCUT2D eigenvalue weighted by Crippen LogP contribution is -2.36. The zero-order valence-electron chi connectivity index (χ0n) is 21.6. The van der Waals surface area contributed by atoms with Gasteiger partial charge in [-0.3, -0.25) is 9.59 Å². The first-order valence-electron chi connectivity index (χ1n) is 13.1. The van der Waals surface area contributed by atoms with Gasteiger partial charge in [0.15, 0.2) is 0 Å². The molecule has 1 aliphatic rings. The van der Waals surface area contributed by atoms with Gasteiger partial charge in [-0.25, -0.2) is 4.79 Å². The molecule has 0 fully saturated rings. The topological polar surface area (TPSA) is 95.9 Å². The Morgan fingerprint density at radius 1 is 0.921 bits per heavy atom. The van der Waals surface area contributed by atoms with Crippen molar-refractivity contribution in [3.63, 3.8) is 0 Å². The Labute approximate surface area is 223 Å². The molecule has 3 aromatic rings. The van der Waals surface area contributed by atoms with E-state index in [0.717, 1.165) is 16.7 Å². The predicted octanol–water partition coefficient (Wildman–Crippen LogP) is 5.44. The Balaban J connectivity index is 1.30. The zero-order valence-corrected chi connectivity index (χ0v) is 21.6. The van der Waals surface area contributed by atoms with Gasteiger partial charge in [0.25, 0.3) is 0 Å². The van der Waals surface area contributed by atoms with Gasteiger partial charge in [-0.1, -0.05) is 92.2 Å². The van der Waals surface area contributed by atoms with E-state index >= 15 is 0 Å². The van der Waals surface area contributed by atoms with Gasteiger partial charge >= 0.3 is 12.1 Å². The van der Waals surface area contributed by atoms with Gasteiger partial charge in [0.1, 0.15) is 6.61 Å². The van der Waals surface area contributed by atoms with E-state index < -0.39 is 12.1 Å². The molecular formula is C31H34N2O5. The molecule has 2 N–H and O–H groups in total. The first kappa shape index (κ1) is 26.9. The quantitative estimate of drug-likeness (QED) is 0.335. The van der Waals surface area contributed by atoms with Gasteiger partial charge in [0.2, 0.25) is 5.91 Å². The van der Waals surface area contributed by atoms with Crippen LogP contribution in [-0.2, 0) is 20.9 Å². The predicted molar refractivity (Wildman–Crippen MR) is 146 cm³/mol. The van der Waals surface area contributed by atoms with E-state index in [1.807, 2.05) is 61.5 Å². The number of fused-ring (bicyclic) bond motifs is 3. The number of hydrogen-bond acceptors (Lipinski definition) is 4. The molecule has 38 heavy (non-hydrogen) atoms. The SMILES string of the molecule is CCC(CNC(=O)OCC1c2ccccc2-c2ccccc21)CC(=O)N(CCC(=O)O)Cc1ccccc1. The monoisotopic (exact) mass is 514 g/mol. The summed E-state index contributed by atoms with van der Waals surface area (Å²) in [7, 11) is 0. The highest BCUT2D eigenvalue weighted by atomic mass is 16.5. The second-order valence-corrected chi connectivity index (χ2v) is 9.63. The Kier molecular flexibility index (Phi) is 9.14.